The highest BCUT2D eigenvalue weighted by Gasteiger charge is 2.11. The molecule has 70 valence electrons. The van der Waals surface area contributed by atoms with Crippen LogP contribution in [0.1, 0.15) is 12.6 Å². The summed E-state index contributed by atoms with van der Waals surface area (Å²) in [5.74, 6) is -1.33. The Morgan fingerprint density at radius 2 is 2.31 bits per heavy atom. The normalized spacial score (nSPS) is 12.4. The Labute approximate surface area is 75.2 Å². The fraction of sp³-hybridized carbons (Fsp3) is 0.333. The summed E-state index contributed by atoms with van der Waals surface area (Å²) in [7, 11) is 0. The minimum Gasteiger partial charge on any atom is -0.481 e. The molecule has 1 atom stereocenters. The second kappa shape index (κ2) is 3.89. The van der Waals surface area contributed by atoms with E-state index >= 15 is 0 Å². The van der Waals surface area contributed by atoms with Gasteiger partial charge in [0.05, 0.1) is 5.92 Å². The van der Waals surface area contributed by atoms with E-state index in [0.717, 1.165) is 0 Å². The molecular weight excluding hydrogens is 170 g/mol. The van der Waals surface area contributed by atoms with E-state index in [-0.39, 0.29) is 5.56 Å². The summed E-state index contributed by atoms with van der Waals surface area (Å²) in [6.45, 7) is 1.60. The van der Waals surface area contributed by atoms with Gasteiger partial charge in [-0.25, -0.2) is 0 Å². The molecule has 4 heteroatoms. The number of hydrogen-bond acceptors (Lipinski definition) is 2. The van der Waals surface area contributed by atoms with Gasteiger partial charge in [-0.2, -0.15) is 0 Å². The average molecular weight is 181 g/mol. The van der Waals surface area contributed by atoms with Crippen LogP contribution < -0.4 is 5.56 Å². The third-order valence-electron chi connectivity index (χ3n) is 1.78. The van der Waals surface area contributed by atoms with E-state index in [0.29, 0.717) is 12.1 Å². The van der Waals surface area contributed by atoms with E-state index < -0.39 is 11.9 Å². The Kier molecular flexibility index (Phi) is 2.84. The topological polar surface area (TPSA) is 70.2 Å². The number of pyridine rings is 1. The van der Waals surface area contributed by atoms with Crippen molar-refractivity contribution in [2.45, 2.75) is 13.3 Å². The highest BCUT2D eigenvalue weighted by atomic mass is 16.4. The third-order valence-corrected chi connectivity index (χ3v) is 1.78. The van der Waals surface area contributed by atoms with Gasteiger partial charge in [0.2, 0.25) is 5.56 Å². The average Bonchev–Trinajstić information content (AvgIpc) is 2.04. The monoisotopic (exact) mass is 181 g/mol. The Morgan fingerprint density at radius 3 is 2.85 bits per heavy atom. The number of rotatable bonds is 3. The lowest BCUT2D eigenvalue weighted by Gasteiger charge is -2.04. The fourth-order valence-corrected chi connectivity index (χ4v) is 1.03. The fourth-order valence-electron chi connectivity index (χ4n) is 1.03. The number of carboxylic acid groups (broad SMARTS) is 1. The van der Waals surface area contributed by atoms with Gasteiger partial charge in [0.1, 0.15) is 0 Å². The van der Waals surface area contributed by atoms with Crippen LogP contribution in [0.3, 0.4) is 0 Å². The molecule has 0 amide bonds. The minimum absolute atomic E-state index is 0.199. The number of carboxylic acids is 1. The van der Waals surface area contributed by atoms with Gasteiger partial charge in [-0.1, -0.05) is 13.0 Å². The van der Waals surface area contributed by atoms with Crippen molar-refractivity contribution in [1.29, 1.82) is 0 Å². The van der Waals surface area contributed by atoms with Crippen molar-refractivity contribution in [2.75, 3.05) is 0 Å². The number of carbonyl (C=O) groups is 1. The van der Waals surface area contributed by atoms with Crippen molar-refractivity contribution in [1.82, 2.24) is 4.98 Å². The van der Waals surface area contributed by atoms with Gasteiger partial charge in [-0.3, -0.25) is 9.59 Å². The summed E-state index contributed by atoms with van der Waals surface area (Å²) in [5.41, 5.74) is 0.456. The lowest BCUT2D eigenvalue weighted by molar-refractivity contribution is -0.141. The summed E-state index contributed by atoms with van der Waals surface area (Å²) in [6.07, 6.45) is 0.353. The second-order valence-corrected chi connectivity index (χ2v) is 2.98. The SMILES string of the molecule is CC(Cc1cccc(=O)[nH]1)C(=O)O. The van der Waals surface area contributed by atoms with E-state index in [2.05, 4.69) is 4.98 Å². The van der Waals surface area contributed by atoms with Crippen molar-refractivity contribution in [3.05, 3.63) is 34.2 Å². The van der Waals surface area contributed by atoms with Crippen LogP contribution in [0.4, 0.5) is 0 Å². The lowest BCUT2D eigenvalue weighted by Crippen LogP contribution is -2.15. The van der Waals surface area contributed by atoms with E-state index in [1.165, 1.54) is 6.07 Å². The van der Waals surface area contributed by atoms with Gasteiger partial charge >= 0.3 is 5.97 Å². The Balaban J connectivity index is 2.75. The molecule has 0 aliphatic heterocycles. The quantitative estimate of drug-likeness (QED) is 0.718. The maximum atomic E-state index is 10.8. The van der Waals surface area contributed by atoms with E-state index in [9.17, 15) is 9.59 Å². The first-order chi connectivity index (χ1) is 6.09. The van der Waals surface area contributed by atoms with E-state index in [1.807, 2.05) is 0 Å². The van der Waals surface area contributed by atoms with Crippen LogP contribution in [-0.4, -0.2) is 16.1 Å². The van der Waals surface area contributed by atoms with Crippen LogP contribution in [0.25, 0.3) is 0 Å². The minimum atomic E-state index is -0.857. The molecule has 1 unspecified atom stereocenters. The predicted molar refractivity (Wildman–Crippen MR) is 47.6 cm³/mol. The summed E-state index contributed by atoms with van der Waals surface area (Å²) < 4.78 is 0. The molecule has 0 saturated carbocycles. The number of aliphatic carboxylic acids is 1. The molecule has 0 fully saturated rings. The Hall–Kier alpha value is -1.58. The smallest absolute Gasteiger partial charge is 0.306 e. The van der Waals surface area contributed by atoms with Gasteiger partial charge in [0.25, 0.3) is 0 Å². The molecule has 2 N–H and O–H groups in total. The highest BCUT2D eigenvalue weighted by Crippen LogP contribution is 2.03. The molecular formula is C9H11NO3. The van der Waals surface area contributed by atoms with Gasteiger partial charge in [-0.15, -0.1) is 0 Å². The zero-order valence-electron chi connectivity index (χ0n) is 7.28. The van der Waals surface area contributed by atoms with Gasteiger partial charge < -0.3 is 10.1 Å². The van der Waals surface area contributed by atoms with Crippen LogP contribution in [0.2, 0.25) is 0 Å². The molecule has 0 saturated heterocycles. The number of aromatic nitrogens is 1. The molecule has 0 aliphatic rings. The summed E-state index contributed by atoms with van der Waals surface area (Å²) >= 11 is 0. The molecule has 0 spiro atoms. The zero-order valence-corrected chi connectivity index (χ0v) is 7.28. The first kappa shape index (κ1) is 9.51. The van der Waals surface area contributed by atoms with Crippen LogP contribution >= 0.6 is 0 Å². The number of hydrogen-bond donors (Lipinski definition) is 2. The van der Waals surface area contributed by atoms with Crippen molar-refractivity contribution >= 4 is 5.97 Å². The molecule has 0 aliphatic carbocycles. The van der Waals surface area contributed by atoms with Gasteiger partial charge in [-0.05, 0) is 6.07 Å². The number of nitrogens with one attached hydrogen (secondary N) is 1. The maximum Gasteiger partial charge on any atom is 0.306 e. The standard InChI is InChI=1S/C9H11NO3/c1-6(9(12)13)5-7-3-2-4-8(11)10-7/h2-4,6H,5H2,1H3,(H,10,11)(H,12,13). The first-order valence-electron chi connectivity index (χ1n) is 4.00. The van der Waals surface area contributed by atoms with Crippen molar-refractivity contribution in [2.24, 2.45) is 5.92 Å². The van der Waals surface area contributed by atoms with Crippen LogP contribution in [-0.2, 0) is 11.2 Å². The molecule has 1 aromatic rings. The summed E-state index contributed by atoms with van der Waals surface area (Å²) in [4.78, 5) is 23.9. The van der Waals surface area contributed by atoms with E-state index in [1.54, 1.807) is 19.1 Å². The molecule has 1 heterocycles. The lowest BCUT2D eigenvalue weighted by atomic mass is 10.1. The molecule has 0 radical (unpaired) electrons. The molecule has 0 aromatic carbocycles. The Bertz CT molecular complexity index is 356. The zero-order chi connectivity index (χ0) is 9.84. The van der Waals surface area contributed by atoms with Crippen LogP contribution in [0.5, 0.6) is 0 Å². The van der Waals surface area contributed by atoms with Crippen molar-refractivity contribution in [3.8, 4) is 0 Å². The highest BCUT2D eigenvalue weighted by molar-refractivity contribution is 5.69. The van der Waals surface area contributed by atoms with Crippen molar-refractivity contribution < 1.29 is 9.90 Å². The maximum absolute atomic E-state index is 10.8. The molecule has 4 nitrogen and oxygen atoms in total. The summed E-state index contributed by atoms with van der Waals surface area (Å²) in [5, 5.41) is 8.62. The first-order valence-corrected chi connectivity index (χ1v) is 4.00. The third kappa shape index (κ3) is 2.74. The van der Waals surface area contributed by atoms with Gasteiger partial charge in [0.15, 0.2) is 0 Å². The molecule has 1 rings (SSSR count). The van der Waals surface area contributed by atoms with E-state index in [4.69, 9.17) is 5.11 Å². The van der Waals surface area contributed by atoms with Gasteiger partial charge in [0, 0.05) is 18.2 Å². The van der Waals surface area contributed by atoms with Crippen LogP contribution in [0, 0.1) is 5.92 Å². The number of H-pyrrole nitrogens is 1. The predicted octanol–water partition coefficient (Wildman–Crippen LogP) is 0.638. The van der Waals surface area contributed by atoms with Crippen LogP contribution in [0.15, 0.2) is 23.0 Å². The van der Waals surface area contributed by atoms with Crippen molar-refractivity contribution in [3.63, 3.8) is 0 Å². The Morgan fingerprint density at radius 1 is 1.62 bits per heavy atom. The molecule has 13 heavy (non-hydrogen) atoms. The number of aromatic amines is 1. The molecule has 0 bridgehead atoms. The second-order valence-electron chi connectivity index (χ2n) is 2.98. The summed E-state index contributed by atoms with van der Waals surface area (Å²) in [6, 6.07) is 4.72. The molecule has 1 aromatic heterocycles. The largest absolute Gasteiger partial charge is 0.481 e.